The number of nitrogens with zero attached hydrogens (tertiary/aromatic N) is 3. The summed E-state index contributed by atoms with van der Waals surface area (Å²) in [6, 6.07) is 3.99. The van der Waals surface area contributed by atoms with Gasteiger partial charge in [-0.2, -0.15) is 4.98 Å². The molecule has 1 aliphatic rings. The van der Waals surface area contributed by atoms with Crippen LogP contribution >= 0.6 is 0 Å². The molecule has 3 heterocycles. The highest BCUT2D eigenvalue weighted by atomic mass is 16.5. The Balaban J connectivity index is 1.65. The molecular weight excluding hydrogens is 264 g/mol. The van der Waals surface area contributed by atoms with E-state index in [1.54, 1.807) is 0 Å². The summed E-state index contributed by atoms with van der Waals surface area (Å²) in [4.78, 5) is 8.89. The van der Waals surface area contributed by atoms with Crippen molar-refractivity contribution in [3.05, 3.63) is 29.4 Å². The maximum Gasteiger partial charge on any atom is 0.226 e. The quantitative estimate of drug-likeness (QED) is 0.936. The summed E-state index contributed by atoms with van der Waals surface area (Å²) < 4.78 is 5.39. The van der Waals surface area contributed by atoms with Gasteiger partial charge < -0.3 is 9.84 Å². The van der Waals surface area contributed by atoms with Crippen LogP contribution in [0.5, 0.6) is 0 Å². The van der Waals surface area contributed by atoms with Crippen LogP contribution < -0.4 is 5.32 Å². The summed E-state index contributed by atoms with van der Waals surface area (Å²) in [5.41, 5.74) is 2.93. The molecule has 0 aliphatic carbocycles. The van der Waals surface area contributed by atoms with Gasteiger partial charge in [-0.1, -0.05) is 5.16 Å². The largest absolute Gasteiger partial charge is 0.339 e. The lowest BCUT2D eigenvalue weighted by Crippen LogP contribution is -2.29. The van der Waals surface area contributed by atoms with Crippen molar-refractivity contribution in [3.8, 4) is 11.4 Å². The van der Waals surface area contributed by atoms with Gasteiger partial charge in [-0.3, -0.25) is 4.98 Å². The van der Waals surface area contributed by atoms with Gasteiger partial charge in [0.2, 0.25) is 11.7 Å². The Morgan fingerprint density at radius 2 is 2.05 bits per heavy atom. The fourth-order valence-corrected chi connectivity index (χ4v) is 2.94. The second kappa shape index (κ2) is 6.35. The van der Waals surface area contributed by atoms with E-state index < -0.39 is 0 Å². The number of pyridine rings is 1. The Kier molecular flexibility index (Phi) is 4.29. The van der Waals surface area contributed by atoms with Crippen molar-refractivity contribution in [2.75, 3.05) is 13.1 Å². The smallest absolute Gasteiger partial charge is 0.226 e. The Labute approximate surface area is 125 Å². The van der Waals surface area contributed by atoms with Crippen LogP contribution in [0.2, 0.25) is 0 Å². The molecular formula is C16H22N4O. The predicted octanol–water partition coefficient (Wildman–Crippen LogP) is 2.68. The number of aromatic nitrogens is 3. The Morgan fingerprint density at radius 3 is 2.76 bits per heavy atom. The zero-order chi connectivity index (χ0) is 14.7. The van der Waals surface area contributed by atoms with Crippen molar-refractivity contribution in [1.29, 1.82) is 0 Å². The first-order valence-electron chi connectivity index (χ1n) is 7.69. The first kappa shape index (κ1) is 14.2. The average molecular weight is 286 g/mol. The summed E-state index contributed by atoms with van der Waals surface area (Å²) in [5, 5.41) is 7.54. The van der Waals surface area contributed by atoms with E-state index in [0.29, 0.717) is 5.82 Å². The SMILES string of the molecule is Cc1cc(-c2noc(CCC3CCCNC3)n2)cc(C)n1. The minimum Gasteiger partial charge on any atom is -0.339 e. The van der Waals surface area contributed by atoms with Crippen molar-refractivity contribution in [1.82, 2.24) is 20.4 Å². The van der Waals surface area contributed by atoms with E-state index in [9.17, 15) is 0 Å². The lowest BCUT2D eigenvalue weighted by molar-refractivity contribution is 0.327. The van der Waals surface area contributed by atoms with E-state index in [0.717, 1.165) is 54.7 Å². The van der Waals surface area contributed by atoms with E-state index >= 15 is 0 Å². The zero-order valence-corrected chi connectivity index (χ0v) is 12.7. The zero-order valence-electron chi connectivity index (χ0n) is 12.7. The highest BCUT2D eigenvalue weighted by Crippen LogP contribution is 2.20. The van der Waals surface area contributed by atoms with Gasteiger partial charge in [0.1, 0.15) is 0 Å². The first-order valence-corrected chi connectivity index (χ1v) is 7.69. The molecule has 1 aliphatic heterocycles. The van der Waals surface area contributed by atoms with E-state index in [-0.39, 0.29) is 0 Å². The summed E-state index contributed by atoms with van der Waals surface area (Å²) in [5.74, 6) is 2.14. The van der Waals surface area contributed by atoms with Crippen molar-refractivity contribution in [2.24, 2.45) is 5.92 Å². The third-order valence-corrected chi connectivity index (χ3v) is 3.97. The van der Waals surface area contributed by atoms with Crippen molar-refractivity contribution in [2.45, 2.75) is 39.5 Å². The second-order valence-electron chi connectivity index (χ2n) is 5.90. The summed E-state index contributed by atoms with van der Waals surface area (Å²) in [7, 11) is 0. The van der Waals surface area contributed by atoms with Gasteiger partial charge in [0.25, 0.3) is 0 Å². The third-order valence-electron chi connectivity index (χ3n) is 3.97. The first-order chi connectivity index (χ1) is 10.2. The third kappa shape index (κ3) is 3.67. The van der Waals surface area contributed by atoms with Crippen molar-refractivity contribution in [3.63, 3.8) is 0 Å². The highest BCUT2D eigenvalue weighted by Gasteiger charge is 2.15. The van der Waals surface area contributed by atoms with Gasteiger partial charge in [0.05, 0.1) is 0 Å². The molecule has 1 unspecified atom stereocenters. The van der Waals surface area contributed by atoms with Gasteiger partial charge in [0, 0.05) is 23.4 Å². The lowest BCUT2D eigenvalue weighted by Gasteiger charge is -2.21. The lowest BCUT2D eigenvalue weighted by atomic mass is 9.95. The van der Waals surface area contributed by atoms with Crippen molar-refractivity contribution < 1.29 is 4.52 Å². The highest BCUT2D eigenvalue weighted by molar-refractivity contribution is 5.55. The molecule has 0 spiro atoms. The Morgan fingerprint density at radius 1 is 1.24 bits per heavy atom. The van der Waals surface area contributed by atoms with Gasteiger partial charge in [-0.25, -0.2) is 0 Å². The van der Waals surface area contributed by atoms with Crippen LogP contribution in [0, 0.1) is 19.8 Å². The van der Waals surface area contributed by atoms with Crippen LogP contribution in [0.4, 0.5) is 0 Å². The second-order valence-corrected chi connectivity index (χ2v) is 5.90. The van der Waals surface area contributed by atoms with Gasteiger partial charge in [-0.05, 0) is 64.3 Å². The van der Waals surface area contributed by atoms with Gasteiger partial charge in [-0.15, -0.1) is 0 Å². The standard InChI is InChI=1S/C16H22N4O/c1-11-8-14(9-12(2)18-11)16-19-15(21-20-16)6-5-13-4-3-7-17-10-13/h8-9,13,17H,3-7,10H2,1-2H3. The van der Waals surface area contributed by atoms with Crippen molar-refractivity contribution >= 4 is 0 Å². The molecule has 5 nitrogen and oxygen atoms in total. The molecule has 2 aromatic rings. The molecule has 2 aromatic heterocycles. The number of hydrogen-bond donors (Lipinski definition) is 1. The molecule has 112 valence electrons. The maximum absolute atomic E-state index is 5.39. The van der Waals surface area contributed by atoms with Crippen LogP contribution in [0.3, 0.4) is 0 Å². The van der Waals surface area contributed by atoms with Crippen LogP contribution in [0.1, 0.15) is 36.5 Å². The molecule has 5 heteroatoms. The van der Waals surface area contributed by atoms with E-state index in [1.165, 1.54) is 12.8 Å². The van der Waals surface area contributed by atoms with E-state index in [2.05, 4.69) is 20.4 Å². The molecule has 3 rings (SSSR count). The fourth-order valence-electron chi connectivity index (χ4n) is 2.94. The number of piperidine rings is 1. The minimum atomic E-state index is 0.667. The molecule has 1 fully saturated rings. The number of hydrogen-bond acceptors (Lipinski definition) is 5. The van der Waals surface area contributed by atoms with Crippen LogP contribution in [0.15, 0.2) is 16.7 Å². The molecule has 1 saturated heterocycles. The molecule has 21 heavy (non-hydrogen) atoms. The predicted molar refractivity (Wildman–Crippen MR) is 80.9 cm³/mol. The molecule has 0 bridgehead atoms. The number of nitrogens with one attached hydrogen (secondary N) is 1. The van der Waals surface area contributed by atoms with Gasteiger partial charge >= 0.3 is 0 Å². The molecule has 0 aromatic carbocycles. The Hall–Kier alpha value is -1.75. The van der Waals surface area contributed by atoms with E-state index in [4.69, 9.17) is 4.52 Å². The summed E-state index contributed by atoms with van der Waals surface area (Å²) >= 11 is 0. The number of aryl methyl sites for hydroxylation is 3. The normalized spacial score (nSPS) is 18.9. The molecule has 1 atom stereocenters. The summed E-state index contributed by atoms with van der Waals surface area (Å²) in [6.45, 7) is 6.23. The topological polar surface area (TPSA) is 63.8 Å². The number of rotatable bonds is 4. The van der Waals surface area contributed by atoms with Gasteiger partial charge in [0.15, 0.2) is 0 Å². The fraction of sp³-hybridized carbons (Fsp3) is 0.562. The van der Waals surface area contributed by atoms with Crippen LogP contribution in [0.25, 0.3) is 11.4 Å². The molecule has 0 saturated carbocycles. The molecule has 1 N–H and O–H groups in total. The minimum absolute atomic E-state index is 0.667. The Bertz CT molecular complexity index is 582. The monoisotopic (exact) mass is 286 g/mol. The maximum atomic E-state index is 5.39. The van der Waals surface area contributed by atoms with Crippen LogP contribution in [-0.4, -0.2) is 28.2 Å². The van der Waals surface area contributed by atoms with E-state index in [1.807, 2.05) is 26.0 Å². The van der Waals surface area contributed by atoms with Crippen LogP contribution in [-0.2, 0) is 6.42 Å². The molecule has 0 radical (unpaired) electrons. The molecule has 0 amide bonds. The average Bonchev–Trinajstić information content (AvgIpc) is 2.94. The summed E-state index contributed by atoms with van der Waals surface area (Å²) in [6.07, 6.45) is 4.55.